The summed E-state index contributed by atoms with van der Waals surface area (Å²) >= 11 is 0. The molecule has 168 valence electrons. The number of hydrogen-bond donors (Lipinski definition) is 5. The summed E-state index contributed by atoms with van der Waals surface area (Å²) in [5.74, 6) is 1.36. The summed E-state index contributed by atoms with van der Waals surface area (Å²) in [6.07, 6.45) is 1.02. The lowest BCUT2D eigenvalue weighted by Crippen LogP contribution is -2.25. The highest BCUT2D eigenvalue weighted by atomic mass is 16.1. The van der Waals surface area contributed by atoms with E-state index < -0.39 is 0 Å². The zero-order valence-electron chi connectivity index (χ0n) is 19.1. The molecule has 31 heavy (non-hydrogen) atoms. The first-order valence-corrected chi connectivity index (χ1v) is 10.9. The van der Waals surface area contributed by atoms with Crippen molar-refractivity contribution in [2.24, 2.45) is 5.41 Å². The van der Waals surface area contributed by atoms with Crippen molar-refractivity contribution in [3.8, 4) is 0 Å². The smallest absolute Gasteiger partial charge is 0.251 e. The van der Waals surface area contributed by atoms with E-state index in [1.165, 1.54) is 0 Å². The average Bonchev–Trinajstić information content (AvgIpc) is 3.20. The summed E-state index contributed by atoms with van der Waals surface area (Å²) in [7, 11) is 0. The predicted molar refractivity (Wildman–Crippen MR) is 125 cm³/mol. The van der Waals surface area contributed by atoms with Crippen LogP contribution >= 0.6 is 0 Å². The van der Waals surface area contributed by atoms with Gasteiger partial charge in [-0.15, -0.1) is 0 Å². The molecule has 0 unspecified atom stereocenters. The summed E-state index contributed by atoms with van der Waals surface area (Å²) in [6, 6.07) is 5.83. The van der Waals surface area contributed by atoms with E-state index >= 15 is 0 Å². The first-order chi connectivity index (χ1) is 14.7. The minimum Gasteiger partial charge on any atom is -0.353 e. The van der Waals surface area contributed by atoms with Crippen LogP contribution in [0, 0.1) is 12.3 Å². The van der Waals surface area contributed by atoms with Gasteiger partial charge in [0.25, 0.3) is 5.91 Å². The molecule has 1 aromatic carbocycles. The van der Waals surface area contributed by atoms with Gasteiger partial charge in [-0.2, -0.15) is 15.0 Å². The molecule has 9 heteroatoms. The van der Waals surface area contributed by atoms with Gasteiger partial charge >= 0.3 is 0 Å². The fraction of sp³-hybridized carbons (Fsp3) is 0.545. The summed E-state index contributed by atoms with van der Waals surface area (Å²) < 4.78 is 0. The highest BCUT2D eigenvalue weighted by Gasteiger charge is 2.18. The summed E-state index contributed by atoms with van der Waals surface area (Å²) in [5, 5.41) is 16.2. The molecule has 1 amide bonds. The number of carbonyl (C=O) groups is 1. The SMILES string of the molecule is CCNC(=O)c1ccc(C)c(Nc2nc(NCC(C)(C)C)nc(N[C@@H]3CCNC3)n2)c1. The van der Waals surface area contributed by atoms with Gasteiger partial charge in [0.05, 0.1) is 0 Å². The molecule has 2 aromatic rings. The Labute approximate surface area is 184 Å². The number of benzene rings is 1. The molecule has 5 N–H and O–H groups in total. The standard InChI is InChI=1S/C22H34N8O/c1-6-24-18(31)15-8-7-14(2)17(11-15)27-21-29-19(25-13-22(3,4)5)28-20(30-21)26-16-9-10-23-12-16/h7-8,11,16,23H,6,9-10,12-13H2,1-5H3,(H,24,31)(H3,25,26,27,28,29,30)/t16-/m1/s1. The molecule has 1 fully saturated rings. The van der Waals surface area contributed by atoms with Crippen LogP contribution in [-0.2, 0) is 0 Å². The third-order valence-corrected chi connectivity index (χ3v) is 4.89. The third-order valence-electron chi connectivity index (χ3n) is 4.89. The molecule has 1 atom stereocenters. The Morgan fingerprint density at radius 1 is 1.16 bits per heavy atom. The molecule has 1 aliphatic rings. The molecular formula is C22H34N8O. The van der Waals surface area contributed by atoms with Gasteiger partial charge in [0.15, 0.2) is 0 Å². The van der Waals surface area contributed by atoms with Gasteiger partial charge in [-0.3, -0.25) is 4.79 Å². The van der Waals surface area contributed by atoms with E-state index in [2.05, 4.69) is 62.3 Å². The maximum absolute atomic E-state index is 12.2. The van der Waals surface area contributed by atoms with E-state index in [-0.39, 0.29) is 17.4 Å². The first-order valence-electron chi connectivity index (χ1n) is 10.9. The maximum atomic E-state index is 12.2. The zero-order valence-corrected chi connectivity index (χ0v) is 19.1. The third kappa shape index (κ3) is 6.78. The van der Waals surface area contributed by atoms with Crippen molar-refractivity contribution in [3.63, 3.8) is 0 Å². The number of aryl methyl sites for hydroxylation is 1. The molecule has 1 aliphatic heterocycles. The van der Waals surface area contributed by atoms with Crippen molar-refractivity contribution in [1.82, 2.24) is 25.6 Å². The van der Waals surface area contributed by atoms with E-state index in [4.69, 9.17) is 0 Å². The number of rotatable bonds is 8. The van der Waals surface area contributed by atoms with Crippen LogP contribution in [0.15, 0.2) is 18.2 Å². The topological polar surface area (TPSA) is 116 Å². The number of amides is 1. The molecule has 3 rings (SSSR count). The van der Waals surface area contributed by atoms with Crippen LogP contribution in [0.5, 0.6) is 0 Å². The average molecular weight is 427 g/mol. The lowest BCUT2D eigenvalue weighted by Gasteiger charge is -2.20. The lowest BCUT2D eigenvalue weighted by molar-refractivity contribution is 0.0956. The molecule has 1 saturated heterocycles. The van der Waals surface area contributed by atoms with Crippen LogP contribution in [0.25, 0.3) is 0 Å². The minimum absolute atomic E-state index is 0.0841. The molecule has 2 heterocycles. The van der Waals surface area contributed by atoms with Gasteiger partial charge in [0.1, 0.15) is 0 Å². The normalized spacial score (nSPS) is 16.1. The van der Waals surface area contributed by atoms with Crippen molar-refractivity contribution in [3.05, 3.63) is 29.3 Å². The molecule has 1 aromatic heterocycles. The summed E-state index contributed by atoms with van der Waals surface area (Å²) in [5.41, 5.74) is 2.45. The highest BCUT2D eigenvalue weighted by Crippen LogP contribution is 2.22. The van der Waals surface area contributed by atoms with Crippen molar-refractivity contribution in [2.75, 3.05) is 42.1 Å². The maximum Gasteiger partial charge on any atom is 0.251 e. The molecule has 0 bridgehead atoms. The second-order valence-corrected chi connectivity index (χ2v) is 9.07. The summed E-state index contributed by atoms with van der Waals surface area (Å²) in [4.78, 5) is 25.9. The number of hydrogen-bond acceptors (Lipinski definition) is 8. The Morgan fingerprint density at radius 2 is 1.90 bits per heavy atom. The van der Waals surface area contributed by atoms with Gasteiger partial charge in [-0.05, 0) is 49.9 Å². The van der Waals surface area contributed by atoms with Gasteiger partial charge in [-0.1, -0.05) is 26.8 Å². The van der Waals surface area contributed by atoms with Crippen LogP contribution in [0.1, 0.15) is 50.0 Å². The largest absolute Gasteiger partial charge is 0.353 e. The quantitative estimate of drug-likeness (QED) is 0.438. The van der Waals surface area contributed by atoms with E-state index in [1.54, 1.807) is 0 Å². The van der Waals surface area contributed by atoms with E-state index in [9.17, 15) is 4.79 Å². The molecule has 0 saturated carbocycles. The van der Waals surface area contributed by atoms with Crippen molar-refractivity contribution in [1.29, 1.82) is 0 Å². The zero-order chi connectivity index (χ0) is 22.4. The van der Waals surface area contributed by atoms with Crippen molar-refractivity contribution in [2.45, 2.75) is 47.1 Å². The van der Waals surface area contributed by atoms with E-state index in [0.29, 0.717) is 30.0 Å². The number of nitrogens with zero attached hydrogens (tertiary/aromatic N) is 3. The Morgan fingerprint density at radius 3 is 2.58 bits per heavy atom. The lowest BCUT2D eigenvalue weighted by atomic mass is 9.97. The predicted octanol–water partition coefficient (Wildman–Crippen LogP) is 2.91. The van der Waals surface area contributed by atoms with E-state index in [0.717, 1.165) is 37.3 Å². The fourth-order valence-corrected chi connectivity index (χ4v) is 3.16. The molecule has 0 aliphatic carbocycles. The summed E-state index contributed by atoms with van der Waals surface area (Å²) in [6.45, 7) is 13.5. The minimum atomic E-state index is -0.107. The van der Waals surface area contributed by atoms with E-state index in [1.807, 2.05) is 32.0 Å². The van der Waals surface area contributed by atoms with Crippen LogP contribution < -0.4 is 26.6 Å². The van der Waals surface area contributed by atoms with Crippen LogP contribution in [0.3, 0.4) is 0 Å². The van der Waals surface area contributed by atoms with Crippen molar-refractivity contribution < 1.29 is 4.79 Å². The van der Waals surface area contributed by atoms with Crippen LogP contribution in [0.4, 0.5) is 23.5 Å². The first kappa shape index (κ1) is 22.7. The van der Waals surface area contributed by atoms with Crippen LogP contribution in [-0.4, -0.2) is 53.1 Å². The second-order valence-electron chi connectivity index (χ2n) is 9.07. The van der Waals surface area contributed by atoms with Crippen LogP contribution in [0.2, 0.25) is 0 Å². The fourth-order valence-electron chi connectivity index (χ4n) is 3.16. The van der Waals surface area contributed by atoms with Gasteiger partial charge in [-0.25, -0.2) is 0 Å². The second kappa shape index (κ2) is 9.91. The molecular weight excluding hydrogens is 392 g/mol. The van der Waals surface area contributed by atoms with Gasteiger partial charge in [0.2, 0.25) is 17.8 Å². The van der Waals surface area contributed by atoms with Gasteiger partial charge in [0, 0.05) is 36.9 Å². The highest BCUT2D eigenvalue weighted by molar-refractivity contribution is 5.95. The molecule has 0 radical (unpaired) electrons. The van der Waals surface area contributed by atoms with Gasteiger partial charge < -0.3 is 26.6 Å². The number of carbonyl (C=O) groups excluding carboxylic acids is 1. The van der Waals surface area contributed by atoms with Crippen molar-refractivity contribution >= 4 is 29.4 Å². The Bertz CT molecular complexity index is 903. The molecule has 0 spiro atoms. The monoisotopic (exact) mass is 426 g/mol. The Kier molecular flexibility index (Phi) is 7.27. The number of nitrogens with one attached hydrogen (secondary N) is 5. The number of anilines is 4. The molecule has 9 nitrogen and oxygen atoms in total. The number of aromatic nitrogens is 3. The Hall–Kier alpha value is -2.94. The Balaban J connectivity index is 1.86.